The van der Waals surface area contributed by atoms with Gasteiger partial charge in [-0.05, 0) is 36.8 Å². The van der Waals surface area contributed by atoms with Crippen LogP contribution in [-0.4, -0.2) is 46.7 Å². The molecule has 0 spiro atoms. The summed E-state index contributed by atoms with van der Waals surface area (Å²) in [6.07, 6.45) is 4.01. The number of rotatable bonds is 3. The Labute approximate surface area is 152 Å². The van der Waals surface area contributed by atoms with Crippen LogP contribution < -0.4 is 5.32 Å². The third kappa shape index (κ3) is 3.39. The largest absolute Gasteiger partial charge is 0.336 e. The molecule has 0 bridgehead atoms. The van der Waals surface area contributed by atoms with Crippen LogP contribution in [0.5, 0.6) is 0 Å². The molecule has 1 aromatic heterocycles. The van der Waals surface area contributed by atoms with Crippen molar-refractivity contribution in [2.24, 2.45) is 0 Å². The lowest BCUT2D eigenvalue weighted by Crippen LogP contribution is -2.51. The molecule has 26 heavy (non-hydrogen) atoms. The fourth-order valence-corrected chi connectivity index (χ4v) is 3.32. The van der Waals surface area contributed by atoms with E-state index in [1.165, 1.54) is 0 Å². The summed E-state index contributed by atoms with van der Waals surface area (Å²) in [5.74, 6) is 0.104. The van der Waals surface area contributed by atoms with Crippen LogP contribution in [-0.2, 0) is 0 Å². The Balaban J connectivity index is 1.48. The first kappa shape index (κ1) is 16.5. The predicted octanol–water partition coefficient (Wildman–Crippen LogP) is 3.17. The van der Waals surface area contributed by atoms with Crippen molar-refractivity contribution in [1.29, 1.82) is 0 Å². The number of carbonyl (C=O) groups excluding carboxylic acids is 1. The third-order valence-electron chi connectivity index (χ3n) is 4.75. The zero-order valence-electron chi connectivity index (χ0n) is 14.8. The summed E-state index contributed by atoms with van der Waals surface area (Å²) < 4.78 is 0. The van der Waals surface area contributed by atoms with E-state index in [0.29, 0.717) is 6.04 Å². The van der Waals surface area contributed by atoms with E-state index in [0.717, 1.165) is 47.4 Å². The molecule has 2 aromatic carbocycles. The first-order valence-electron chi connectivity index (χ1n) is 8.94. The Hall–Kier alpha value is -2.92. The number of hydrogen-bond acceptors (Lipinski definition) is 3. The van der Waals surface area contributed by atoms with Gasteiger partial charge in [0.2, 0.25) is 0 Å². The summed E-state index contributed by atoms with van der Waals surface area (Å²) in [6, 6.07) is 16.2. The maximum atomic E-state index is 12.6. The minimum absolute atomic E-state index is 0.104. The molecule has 1 amide bonds. The van der Waals surface area contributed by atoms with Gasteiger partial charge in [0.25, 0.3) is 5.91 Å². The Morgan fingerprint density at radius 3 is 2.77 bits per heavy atom. The molecule has 1 aliphatic rings. The van der Waals surface area contributed by atoms with Crippen LogP contribution in [0.4, 0.5) is 0 Å². The van der Waals surface area contributed by atoms with Gasteiger partial charge in [0.05, 0.1) is 11.2 Å². The number of nitrogens with zero attached hydrogens (tertiary/aromatic N) is 2. The van der Waals surface area contributed by atoms with Gasteiger partial charge >= 0.3 is 0 Å². The molecule has 1 saturated heterocycles. The smallest absolute Gasteiger partial charge is 0.253 e. The molecule has 0 radical (unpaired) electrons. The maximum absolute atomic E-state index is 12.6. The van der Waals surface area contributed by atoms with Crippen LogP contribution in [0.25, 0.3) is 23.1 Å². The van der Waals surface area contributed by atoms with E-state index in [2.05, 4.69) is 28.5 Å². The number of piperazine rings is 1. The Bertz CT molecular complexity index is 942. The quantitative estimate of drug-likeness (QED) is 0.766. The van der Waals surface area contributed by atoms with Crippen LogP contribution in [0, 0.1) is 0 Å². The molecule has 0 aliphatic carbocycles. The fourth-order valence-electron chi connectivity index (χ4n) is 3.32. The number of para-hydroxylation sites is 1. The average Bonchev–Trinajstić information content (AvgIpc) is 3.09. The highest BCUT2D eigenvalue weighted by molar-refractivity contribution is 5.95. The van der Waals surface area contributed by atoms with Crippen LogP contribution in [0.2, 0.25) is 0 Å². The van der Waals surface area contributed by atoms with Gasteiger partial charge in [-0.15, -0.1) is 0 Å². The number of aromatic amines is 1. The zero-order valence-corrected chi connectivity index (χ0v) is 14.8. The summed E-state index contributed by atoms with van der Waals surface area (Å²) in [7, 11) is 0. The van der Waals surface area contributed by atoms with Gasteiger partial charge in [-0.3, -0.25) is 9.89 Å². The van der Waals surface area contributed by atoms with E-state index < -0.39 is 0 Å². The number of fused-ring (bicyclic) bond motifs is 1. The van der Waals surface area contributed by atoms with Crippen LogP contribution in [0.1, 0.15) is 28.5 Å². The Morgan fingerprint density at radius 2 is 1.96 bits per heavy atom. The van der Waals surface area contributed by atoms with Crippen molar-refractivity contribution in [3.63, 3.8) is 0 Å². The Kier molecular flexibility index (Phi) is 4.54. The maximum Gasteiger partial charge on any atom is 0.253 e. The highest BCUT2D eigenvalue weighted by atomic mass is 16.2. The zero-order chi connectivity index (χ0) is 17.9. The molecule has 1 atom stereocenters. The molecule has 2 N–H and O–H groups in total. The van der Waals surface area contributed by atoms with Crippen molar-refractivity contribution in [3.05, 3.63) is 65.4 Å². The van der Waals surface area contributed by atoms with Crippen molar-refractivity contribution < 1.29 is 4.79 Å². The lowest BCUT2D eigenvalue weighted by molar-refractivity contribution is 0.0709. The fraction of sp³-hybridized carbons (Fsp3) is 0.238. The van der Waals surface area contributed by atoms with Gasteiger partial charge in [0, 0.05) is 36.6 Å². The highest BCUT2D eigenvalue weighted by Crippen LogP contribution is 2.18. The number of carbonyl (C=O) groups is 1. The lowest BCUT2D eigenvalue weighted by atomic mass is 10.1. The van der Waals surface area contributed by atoms with Crippen molar-refractivity contribution in [2.45, 2.75) is 13.0 Å². The lowest BCUT2D eigenvalue weighted by Gasteiger charge is -2.32. The van der Waals surface area contributed by atoms with Crippen molar-refractivity contribution >= 4 is 29.0 Å². The molecule has 3 aromatic rings. The van der Waals surface area contributed by atoms with E-state index in [4.69, 9.17) is 0 Å². The van der Waals surface area contributed by atoms with Crippen molar-refractivity contribution in [1.82, 2.24) is 20.4 Å². The minimum atomic E-state index is 0.104. The summed E-state index contributed by atoms with van der Waals surface area (Å²) in [6.45, 7) is 4.47. The van der Waals surface area contributed by atoms with E-state index in [-0.39, 0.29) is 5.91 Å². The van der Waals surface area contributed by atoms with Gasteiger partial charge < -0.3 is 10.2 Å². The van der Waals surface area contributed by atoms with E-state index in [1.54, 1.807) is 0 Å². The van der Waals surface area contributed by atoms with Gasteiger partial charge in [0.1, 0.15) is 0 Å². The topological polar surface area (TPSA) is 61.0 Å². The van der Waals surface area contributed by atoms with E-state index in [1.807, 2.05) is 59.5 Å². The monoisotopic (exact) mass is 346 g/mol. The van der Waals surface area contributed by atoms with Crippen molar-refractivity contribution in [3.8, 4) is 0 Å². The standard InChI is InChI=1S/C21H22N4O/c1-15-14-25(13-12-22-15)21(26)17-9-6-16(7-10-17)8-11-20-18-4-2-3-5-19(18)23-24-20/h2-11,15,22H,12-14H2,1H3,(H,23,24)/b11-8+/t15-/m0/s1. The van der Waals surface area contributed by atoms with Crippen LogP contribution in [0.15, 0.2) is 48.5 Å². The molecule has 2 heterocycles. The number of nitrogens with one attached hydrogen (secondary N) is 2. The molecule has 4 rings (SSSR count). The molecule has 0 saturated carbocycles. The molecular weight excluding hydrogens is 324 g/mol. The predicted molar refractivity (Wildman–Crippen MR) is 105 cm³/mol. The molecule has 0 unspecified atom stereocenters. The number of amides is 1. The molecular formula is C21H22N4O. The third-order valence-corrected chi connectivity index (χ3v) is 4.75. The number of hydrogen-bond donors (Lipinski definition) is 2. The van der Waals surface area contributed by atoms with E-state index >= 15 is 0 Å². The molecule has 5 heteroatoms. The summed E-state index contributed by atoms with van der Waals surface area (Å²) >= 11 is 0. The summed E-state index contributed by atoms with van der Waals surface area (Å²) in [4.78, 5) is 14.5. The molecule has 1 fully saturated rings. The van der Waals surface area contributed by atoms with Gasteiger partial charge in [0.15, 0.2) is 0 Å². The Morgan fingerprint density at radius 1 is 1.15 bits per heavy atom. The van der Waals surface area contributed by atoms with Crippen molar-refractivity contribution in [2.75, 3.05) is 19.6 Å². The summed E-state index contributed by atoms with van der Waals surface area (Å²) in [5.41, 5.74) is 3.72. The van der Waals surface area contributed by atoms with Crippen LogP contribution >= 0.6 is 0 Å². The first-order chi connectivity index (χ1) is 12.7. The minimum Gasteiger partial charge on any atom is -0.336 e. The second-order valence-corrected chi connectivity index (χ2v) is 6.72. The SMILES string of the molecule is C[C@H]1CN(C(=O)c2ccc(/C=C/c3n[nH]c4ccccc34)cc2)CCN1. The average molecular weight is 346 g/mol. The highest BCUT2D eigenvalue weighted by Gasteiger charge is 2.21. The van der Waals surface area contributed by atoms with Gasteiger partial charge in [-0.25, -0.2) is 0 Å². The summed E-state index contributed by atoms with van der Waals surface area (Å²) in [5, 5.41) is 11.8. The van der Waals surface area contributed by atoms with Gasteiger partial charge in [-0.2, -0.15) is 5.10 Å². The second kappa shape index (κ2) is 7.14. The number of aromatic nitrogens is 2. The number of H-pyrrole nitrogens is 1. The number of benzene rings is 2. The molecule has 132 valence electrons. The molecule has 1 aliphatic heterocycles. The van der Waals surface area contributed by atoms with Gasteiger partial charge in [-0.1, -0.05) is 36.4 Å². The van der Waals surface area contributed by atoms with Crippen LogP contribution in [0.3, 0.4) is 0 Å². The first-order valence-corrected chi connectivity index (χ1v) is 8.94. The normalized spacial score (nSPS) is 17.9. The molecule has 5 nitrogen and oxygen atoms in total. The second-order valence-electron chi connectivity index (χ2n) is 6.72. The van der Waals surface area contributed by atoms with E-state index in [9.17, 15) is 4.79 Å².